The van der Waals surface area contributed by atoms with Gasteiger partial charge in [-0.15, -0.1) is 11.3 Å². The lowest BCUT2D eigenvalue weighted by Gasteiger charge is -2.27. The predicted molar refractivity (Wildman–Crippen MR) is 133 cm³/mol. The molecule has 6 nitrogen and oxygen atoms in total. The van der Waals surface area contributed by atoms with E-state index in [0.717, 1.165) is 41.0 Å². The molecular weight excluding hydrogens is 434 g/mol. The molecule has 1 atom stereocenters. The van der Waals surface area contributed by atoms with Crippen molar-refractivity contribution in [1.82, 2.24) is 5.32 Å². The van der Waals surface area contributed by atoms with Crippen molar-refractivity contribution >= 4 is 40.9 Å². The normalized spacial score (nSPS) is 13.7. The monoisotopic (exact) mass is 461 g/mol. The number of thiophene rings is 1. The molecule has 3 aromatic rings. The SMILES string of the molecule is CCC(C)NC(=O)c1cc2c(s1)-c1ccccc1N(C(=O)c1ccc(NC=O)cc1)CCC2. The molecule has 0 saturated heterocycles. The maximum atomic E-state index is 13.5. The Morgan fingerprint density at radius 2 is 1.91 bits per heavy atom. The quantitative estimate of drug-likeness (QED) is 0.501. The summed E-state index contributed by atoms with van der Waals surface area (Å²) in [6.07, 6.45) is 3.08. The first kappa shape index (κ1) is 22.7. The van der Waals surface area contributed by atoms with Crippen LogP contribution >= 0.6 is 11.3 Å². The van der Waals surface area contributed by atoms with Gasteiger partial charge in [0.2, 0.25) is 6.41 Å². The number of rotatable bonds is 6. The molecule has 4 rings (SSSR count). The van der Waals surface area contributed by atoms with Crippen LogP contribution in [-0.2, 0) is 11.2 Å². The summed E-state index contributed by atoms with van der Waals surface area (Å²) in [6.45, 7) is 4.63. The Bertz CT molecular complexity index is 1170. The van der Waals surface area contributed by atoms with Gasteiger partial charge >= 0.3 is 0 Å². The molecule has 170 valence electrons. The van der Waals surface area contributed by atoms with E-state index in [1.165, 1.54) is 11.3 Å². The molecule has 0 aliphatic carbocycles. The van der Waals surface area contributed by atoms with Crippen LogP contribution in [0.25, 0.3) is 10.4 Å². The van der Waals surface area contributed by atoms with Crippen molar-refractivity contribution in [3.05, 3.63) is 70.6 Å². The first-order chi connectivity index (χ1) is 16.0. The number of carbonyl (C=O) groups is 3. The summed E-state index contributed by atoms with van der Waals surface area (Å²) >= 11 is 1.49. The number of aryl methyl sites for hydroxylation is 1. The largest absolute Gasteiger partial charge is 0.349 e. The summed E-state index contributed by atoms with van der Waals surface area (Å²) in [5.41, 5.74) is 4.16. The van der Waals surface area contributed by atoms with Gasteiger partial charge in [-0.05, 0) is 68.1 Å². The molecule has 3 amide bonds. The van der Waals surface area contributed by atoms with Gasteiger partial charge in [0.05, 0.1) is 10.6 Å². The standard InChI is InChI=1S/C26H27N3O3S/c1-3-17(2)28-25(31)23-15-19-7-6-14-29(22-9-5-4-8-21(22)24(19)33-23)26(32)18-10-12-20(13-11-18)27-16-30/h4-5,8-13,15-17H,3,6-7,14H2,1-2H3,(H,27,30)(H,28,31). The lowest BCUT2D eigenvalue weighted by molar-refractivity contribution is -0.105. The zero-order chi connectivity index (χ0) is 23.4. The second-order valence-corrected chi connectivity index (χ2v) is 9.22. The molecule has 1 unspecified atom stereocenters. The zero-order valence-corrected chi connectivity index (χ0v) is 19.6. The maximum absolute atomic E-state index is 13.5. The smallest absolute Gasteiger partial charge is 0.261 e. The minimum atomic E-state index is -0.0881. The van der Waals surface area contributed by atoms with Crippen molar-refractivity contribution in [1.29, 1.82) is 0 Å². The Morgan fingerprint density at radius 3 is 2.64 bits per heavy atom. The summed E-state index contributed by atoms with van der Waals surface area (Å²) in [5, 5.41) is 5.64. The number of hydrogen-bond donors (Lipinski definition) is 2. The van der Waals surface area contributed by atoms with Gasteiger partial charge in [-0.25, -0.2) is 0 Å². The van der Waals surface area contributed by atoms with Gasteiger partial charge in [0.25, 0.3) is 11.8 Å². The maximum Gasteiger partial charge on any atom is 0.261 e. The van der Waals surface area contributed by atoms with E-state index < -0.39 is 0 Å². The summed E-state index contributed by atoms with van der Waals surface area (Å²) in [7, 11) is 0. The molecule has 33 heavy (non-hydrogen) atoms. The van der Waals surface area contributed by atoms with Crippen LogP contribution in [0.3, 0.4) is 0 Å². The number of amides is 3. The number of nitrogens with one attached hydrogen (secondary N) is 2. The highest BCUT2D eigenvalue weighted by Crippen LogP contribution is 2.41. The lowest BCUT2D eigenvalue weighted by atomic mass is 9.99. The minimum Gasteiger partial charge on any atom is -0.349 e. The molecule has 1 aliphatic rings. The van der Waals surface area contributed by atoms with Crippen molar-refractivity contribution in [2.75, 3.05) is 16.8 Å². The van der Waals surface area contributed by atoms with Gasteiger partial charge < -0.3 is 15.5 Å². The van der Waals surface area contributed by atoms with Gasteiger partial charge in [-0.1, -0.05) is 25.1 Å². The van der Waals surface area contributed by atoms with Crippen molar-refractivity contribution in [2.45, 2.75) is 39.2 Å². The summed E-state index contributed by atoms with van der Waals surface area (Å²) in [6, 6.07) is 16.9. The molecule has 2 N–H and O–H groups in total. The third-order valence-corrected chi connectivity index (χ3v) is 7.10. The second-order valence-electron chi connectivity index (χ2n) is 8.16. The van der Waals surface area contributed by atoms with E-state index in [1.54, 1.807) is 24.3 Å². The Balaban J connectivity index is 1.69. The summed E-state index contributed by atoms with van der Waals surface area (Å²) in [4.78, 5) is 40.4. The zero-order valence-electron chi connectivity index (χ0n) is 18.8. The third kappa shape index (κ3) is 4.83. The minimum absolute atomic E-state index is 0.0458. The number of hydrogen-bond acceptors (Lipinski definition) is 4. The molecule has 1 aliphatic heterocycles. The van der Waals surface area contributed by atoms with E-state index in [4.69, 9.17) is 0 Å². The fourth-order valence-corrected chi connectivity index (χ4v) is 5.09. The lowest BCUT2D eigenvalue weighted by Crippen LogP contribution is -2.33. The number of anilines is 2. The van der Waals surface area contributed by atoms with Crippen molar-refractivity contribution in [3.63, 3.8) is 0 Å². The number of fused-ring (bicyclic) bond motifs is 3. The highest BCUT2D eigenvalue weighted by atomic mass is 32.1. The van der Waals surface area contributed by atoms with Gasteiger partial charge in [-0.3, -0.25) is 14.4 Å². The predicted octanol–water partition coefficient (Wildman–Crippen LogP) is 5.10. The van der Waals surface area contributed by atoms with Crippen molar-refractivity contribution in [3.8, 4) is 10.4 Å². The van der Waals surface area contributed by atoms with Crippen LogP contribution in [0.4, 0.5) is 11.4 Å². The van der Waals surface area contributed by atoms with Gasteiger partial charge in [0.1, 0.15) is 0 Å². The number of benzene rings is 2. The van der Waals surface area contributed by atoms with E-state index in [0.29, 0.717) is 29.1 Å². The first-order valence-electron chi connectivity index (χ1n) is 11.2. The molecule has 7 heteroatoms. The van der Waals surface area contributed by atoms with Crippen LogP contribution in [0.15, 0.2) is 54.6 Å². The molecule has 0 radical (unpaired) electrons. The van der Waals surface area contributed by atoms with Gasteiger partial charge in [-0.2, -0.15) is 0 Å². The first-order valence-corrected chi connectivity index (χ1v) is 12.0. The Labute approximate surface area is 197 Å². The highest BCUT2D eigenvalue weighted by molar-refractivity contribution is 7.17. The fraction of sp³-hybridized carbons (Fsp3) is 0.269. The third-order valence-electron chi connectivity index (χ3n) is 5.89. The molecule has 0 saturated carbocycles. The Kier molecular flexibility index (Phi) is 6.89. The van der Waals surface area contributed by atoms with E-state index in [2.05, 4.69) is 10.6 Å². The summed E-state index contributed by atoms with van der Waals surface area (Å²) in [5.74, 6) is -0.134. The van der Waals surface area contributed by atoms with Gasteiger partial charge in [0.15, 0.2) is 0 Å². The van der Waals surface area contributed by atoms with Crippen LogP contribution in [0.1, 0.15) is 52.3 Å². The van der Waals surface area contributed by atoms with Crippen molar-refractivity contribution < 1.29 is 14.4 Å². The molecular formula is C26H27N3O3S. The highest BCUT2D eigenvalue weighted by Gasteiger charge is 2.26. The average molecular weight is 462 g/mol. The van der Waals surface area contributed by atoms with E-state index in [1.807, 2.05) is 49.1 Å². The molecule has 0 bridgehead atoms. The topological polar surface area (TPSA) is 78.5 Å². The van der Waals surface area contributed by atoms with Crippen LogP contribution in [0.2, 0.25) is 0 Å². The number of nitrogens with zero attached hydrogens (tertiary/aromatic N) is 1. The number of para-hydroxylation sites is 1. The average Bonchev–Trinajstić information content (AvgIpc) is 3.24. The van der Waals surface area contributed by atoms with Crippen molar-refractivity contribution in [2.24, 2.45) is 0 Å². The van der Waals surface area contributed by atoms with Crippen LogP contribution in [0, 0.1) is 0 Å². The molecule has 1 aromatic heterocycles. The molecule has 0 spiro atoms. The van der Waals surface area contributed by atoms with Gasteiger partial charge in [0, 0.05) is 34.3 Å². The molecule has 2 aromatic carbocycles. The van der Waals surface area contributed by atoms with Crippen LogP contribution < -0.4 is 15.5 Å². The number of carbonyl (C=O) groups excluding carboxylic acids is 3. The Hall–Kier alpha value is -3.45. The van der Waals surface area contributed by atoms with E-state index in [-0.39, 0.29) is 17.9 Å². The van der Waals surface area contributed by atoms with E-state index >= 15 is 0 Å². The fourth-order valence-electron chi connectivity index (χ4n) is 3.94. The van der Waals surface area contributed by atoms with Crippen LogP contribution in [-0.4, -0.2) is 30.8 Å². The van der Waals surface area contributed by atoms with E-state index in [9.17, 15) is 14.4 Å². The van der Waals surface area contributed by atoms with Crippen LogP contribution in [0.5, 0.6) is 0 Å². The second kappa shape index (κ2) is 10.0. The molecule has 0 fully saturated rings. The molecule has 2 heterocycles. The Morgan fingerprint density at radius 1 is 1.15 bits per heavy atom. The summed E-state index contributed by atoms with van der Waals surface area (Å²) < 4.78 is 0.